The van der Waals surface area contributed by atoms with Crippen LogP contribution in [0.3, 0.4) is 0 Å². The molecule has 0 spiro atoms. The molecule has 0 aliphatic rings. The Hall–Kier alpha value is -1.22. The van der Waals surface area contributed by atoms with Gasteiger partial charge >= 0.3 is 0 Å². The first-order chi connectivity index (χ1) is 7.03. The molecule has 0 saturated heterocycles. The molecule has 1 aromatic rings. The zero-order valence-electron chi connectivity index (χ0n) is 8.95. The van der Waals surface area contributed by atoms with Crippen LogP contribution >= 0.6 is 11.8 Å². The minimum absolute atomic E-state index is 0.238. The number of nitrogens with two attached hydrogens (primary N) is 1. The van der Waals surface area contributed by atoms with Gasteiger partial charge in [0, 0.05) is 5.75 Å². The number of thioether (sulfide) groups is 1. The number of nitrogen functional groups attached to an aromatic ring is 1. The number of anilines is 1. The third-order valence-corrected chi connectivity index (χ3v) is 2.90. The van der Waals surface area contributed by atoms with Crippen molar-refractivity contribution in [2.24, 2.45) is 5.41 Å². The first-order valence-electron chi connectivity index (χ1n) is 4.75. The van der Waals surface area contributed by atoms with Crippen molar-refractivity contribution < 1.29 is 0 Å². The minimum atomic E-state index is -0.238. The van der Waals surface area contributed by atoms with E-state index < -0.39 is 0 Å². The minimum Gasteiger partial charge on any atom is -0.368 e. The molecule has 0 atom stereocenters. The topological polar surface area (TPSA) is 91.4 Å². The lowest BCUT2D eigenvalue weighted by Gasteiger charge is -2.13. The van der Waals surface area contributed by atoms with Gasteiger partial charge in [0.1, 0.15) is 0 Å². The summed E-state index contributed by atoms with van der Waals surface area (Å²) in [5.41, 5.74) is 5.15. The number of nitriles is 1. The molecule has 0 unspecified atom stereocenters. The van der Waals surface area contributed by atoms with E-state index in [1.807, 2.05) is 13.8 Å². The van der Waals surface area contributed by atoms with Crippen LogP contribution in [0.5, 0.6) is 0 Å². The van der Waals surface area contributed by atoms with Gasteiger partial charge in [-0.05, 0) is 26.7 Å². The summed E-state index contributed by atoms with van der Waals surface area (Å²) in [6.45, 7) is 3.89. The first-order valence-corrected chi connectivity index (χ1v) is 5.74. The van der Waals surface area contributed by atoms with E-state index in [9.17, 15) is 0 Å². The predicted octanol–water partition coefficient (Wildman–Crippen LogP) is 1.81. The molecule has 0 aliphatic carbocycles. The maximum absolute atomic E-state index is 8.81. The lowest BCUT2D eigenvalue weighted by atomic mass is 9.90. The van der Waals surface area contributed by atoms with Gasteiger partial charge in [0.2, 0.25) is 11.1 Å². The lowest BCUT2D eigenvalue weighted by molar-refractivity contribution is 0.447. The zero-order valence-corrected chi connectivity index (χ0v) is 9.77. The van der Waals surface area contributed by atoms with Crippen molar-refractivity contribution in [1.29, 1.82) is 5.26 Å². The molecule has 0 aromatic carbocycles. The van der Waals surface area contributed by atoms with Crippen molar-refractivity contribution in [3.8, 4) is 6.07 Å². The molecule has 3 N–H and O–H groups in total. The SMILES string of the molecule is CC(C)(C#N)CCCSc1n[nH]c(N)n1. The molecule has 5 nitrogen and oxygen atoms in total. The van der Waals surface area contributed by atoms with Gasteiger partial charge in [-0.2, -0.15) is 10.2 Å². The van der Waals surface area contributed by atoms with E-state index in [1.165, 1.54) is 0 Å². The summed E-state index contributed by atoms with van der Waals surface area (Å²) >= 11 is 1.55. The van der Waals surface area contributed by atoms with E-state index in [0.29, 0.717) is 11.1 Å². The van der Waals surface area contributed by atoms with Crippen LogP contribution in [0.25, 0.3) is 0 Å². The van der Waals surface area contributed by atoms with Gasteiger partial charge < -0.3 is 5.73 Å². The molecular weight excluding hydrogens is 210 g/mol. The molecule has 1 rings (SSSR count). The summed E-state index contributed by atoms with van der Waals surface area (Å²) in [6, 6.07) is 2.28. The van der Waals surface area contributed by atoms with Crippen LogP contribution in [-0.4, -0.2) is 20.9 Å². The molecule has 0 saturated carbocycles. The van der Waals surface area contributed by atoms with Crippen molar-refractivity contribution in [2.45, 2.75) is 31.8 Å². The van der Waals surface area contributed by atoms with Crippen LogP contribution in [0.4, 0.5) is 5.95 Å². The van der Waals surface area contributed by atoms with Crippen LogP contribution in [0.15, 0.2) is 5.16 Å². The molecule has 0 aliphatic heterocycles. The number of hydrogen-bond acceptors (Lipinski definition) is 5. The Morgan fingerprint density at radius 1 is 1.60 bits per heavy atom. The lowest BCUT2D eigenvalue weighted by Crippen LogP contribution is -2.07. The Balaban J connectivity index is 2.21. The van der Waals surface area contributed by atoms with Crippen molar-refractivity contribution in [3.63, 3.8) is 0 Å². The molecule has 1 aromatic heterocycles. The van der Waals surface area contributed by atoms with E-state index in [0.717, 1.165) is 18.6 Å². The quantitative estimate of drug-likeness (QED) is 0.589. The number of aromatic nitrogens is 3. The molecule has 1 heterocycles. The number of hydrogen-bond donors (Lipinski definition) is 2. The Morgan fingerprint density at radius 2 is 2.33 bits per heavy atom. The fourth-order valence-electron chi connectivity index (χ4n) is 1.06. The molecule has 0 fully saturated rings. The largest absolute Gasteiger partial charge is 0.368 e. The van der Waals surface area contributed by atoms with Crippen molar-refractivity contribution >= 4 is 17.7 Å². The summed E-state index contributed by atoms with van der Waals surface area (Å²) in [4.78, 5) is 3.97. The van der Waals surface area contributed by atoms with Crippen LogP contribution in [0.2, 0.25) is 0 Å². The smallest absolute Gasteiger partial charge is 0.216 e. The van der Waals surface area contributed by atoms with E-state index >= 15 is 0 Å². The van der Waals surface area contributed by atoms with Crippen LogP contribution in [0.1, 0.15) is 26.7 Å². The van der Waals surface area contributed by atoms with E-state index in [-0.39, 0.29) is 5.41 Å². The molecule has 0 radical (unpaired) electrons. The molecule has 0 bridgehead atoms. The normalized spacial score (nSPS) is 11.3. The van der Waals surface area contributed by atoms with Gasteiger partial charge in [-0.3, -0.25) is 0 Å². The van der Waals surface area contributed by atoms with Crippen molar-refractivity contribution in [1.82, 2.24) is 15.2 Å². The Morgan fingerprint density at radius 3 is 2.87 bits per heavy atom. The monoisotopic (exact) mass is 225 g/mol. The molecule has 0 amide bonds. The van der Waals surface area contributed by atoms with Gasteiger partial charge in [0.25, 0.3) is 0 Å². The standard InChI is InChI=1S/C9H15N5S/c1-9(2,6-10)4-3-5-15-8-12-7(11)13-14-8/h3-5H2,1-2H3,(H3,11,12,13,14). The summed E-state index contributed by atoms with van der Waals surface area (Å²) in [5, 5.41) is 16.0. The van der Waals surface area contributed by atoms with Crippen LogP contribution in [-0.2, 0) is 0 Å². The van der Waals surface area contributed by atoms with Crippen LogP contribution < -0.4 is 5.73 Å². The number of nitrogens with zero attached hydrogens (tertiary/aromatic N) is 3. The Labute approximate surface area is 93.5 Å². The summed E-state index contributed by atoms with van der Waals surface area (Å²) < 4.78 is 0. The maximum Gasteiger partial charge on any atom is 0.216 e. The number of nitrogens with one attached hydrogen (secondary N) is 1. The molecule has 82 valence electrons. The summed E-state index contributed by atoms with van der Waals surface area (Å²) in [7, 11) is 0. The fraction of sp³-hybridized carbons (Fsp3) is 0.667. The summed E-state index contributed by atoms with van der Waals surface area (Å²) in [5.74, 6) is 1.25. The average Bonchev–Trinajstić information content (AvgIpc) is 2.59. The highest BCUT2D eigenvalue weighted by atomic mass is 32.2. The highest BCUT2D eigenvalue weighted by molar-refractivity contribution is 7.99. The highest BCUT2D eigenvalue weighted by Crippen LogP contribution is 2.23. The number of aromatic amines is 1. The second-order valence-corrected chi connectivity index (χ2v) is 5.01. The maximum atomic E-state index is 8.81. The first kappa shape index (κ1) is 11.9. The third-order valence-electron chi connectivity index (χ3n) is 1.96. The Kier molecular flexibility index (Phi) is 3.97. The predicted molar refractivity (Wildman–Crippen MR) is 60.1 cm³/mol. The van der Waals surface area contributed by atoms with Crippen LogP contribution in [0, 0.1) is 16.7 Å². The van der Waals surface area contributed by atoms with Gasteiger partial charge in [-0.15, -0.1) is 5.10 Å². The average molecular weight is 225 g/mol. The second kappa shape index (κ2) is 5.03. The van der Waals surface area contributed by atoms with Crippen molar-refractivity contribution in [2.75, 3.05) is 11.5 Å². The fourth-order valence-corrected chi connectivity index (χ4v) is 1.80. The van der Waals surface area contributed by atoms with Crippen molar-refractivity contribution in [3.05, 3.63) is 0 Å². The second-order valence-electron chi connectivity index (χ2n) is 3.95. The number of rotatable bonds is 5. The van der Waals surface area contributed by atoms with Gasteiger partial charge in [0.05, 0.1) is 11.5 Å². The van der Waals surface area contributed by atoms with Gasteiger partial charge in [-0.25, -0.2) is 5.10 Å². The summed E-state index contributed by atoms with van der Waals surface area (Å²) in [6.07, 6.45) is 1.86. The van der Waals surface area contributed by atoms with Gasteiger partial charge in [0.15, 0.2) is 0 Å². The van der Waals surface area contributed by atoms with E-state index in [4.69, 9.17) is 11.0 Å². The molecule has 15 heavy (non-hydrogen) atoms. The molecular formula is C9H15N5S. The highest BCUT2D eigenvalue weighted by Gasteiger charge is 2.15. The zero-order chi connectivity index (χ0) is 11.3. The number of H-pyrrole nitrogens is 1. The van der Waals surface area contributed by atoms with E-state index in [2.05, 4.69) is 21.3 Å². The molecule has 6 heteroatoms. The third kappa shape index (κ3) is 4.21. The van der Waals surface area contributed by atoms with Gasteiger partial charge in [-0.1, -0.05) is 11.8 Å². The Bertz CT molecular complexity index is 352. The van der Waals surface area contributed by atoms with E-state index in [1.54, 1.807) is 11.8 Å².